The minimum Gasteiger partial charge on any atom is -0.493 e. The van der Waals surface area contributed by atoms with Crippen molar-refractivity contribution in [1.29, 1.82) is 0 Å². The minimum absolute atomic E-state index is 0.0246. The lowest BCUT2D eigenvalue weighted by molar-refractivity contribution is -0.116. The monoisotopic (exact) mass is 434 g/mol. The Hall–Kier alpha value is -3.48. The van der Waals surface area contributed by atoms with Gasteiger partial charge in [0.2, 0.25) is 5.91 Å². The summed E-state index contributed by atoms with van der Waals surface area (Å²) in [5.74, 6) is 2.52. The van der Waals surface area contributed by atoms with Crippen molar-refractivity contribution in [2.75, 3.05) is 39.9 Å². The topological polar surface area (TPSA) is 70.1 Å². The highest BCUT2D eigenvalue weighted by atomic mass is 16.5. The van der Waals surface area contributed by atoms with Crippen LogP contribution in [0, 0.1) is 0 Å². The van der Waals surface area contributed by atoms with Crippen LogP contribution in [0.1, 0.15) is 23.6 Å². The number of methoxy groups -OCH3 is 4. The summed E-state index contributed by atoms with van der Waals surface area (Å²) in [5, 5.41) is 0.978. The summed E-state index contributed by atoms with van der Waals surface area (Å²) in [7, 11) is 6.50. The zero-order chi connectivity index (χ0) is 22.6. The maximum absolute atomic E-state index is 12.5. The molecule has 5 rings (SSSR count). The summed E-state index contributed by atoms with van der Waals surface area (Å²) < 4.78 is 22.4. The maximum atomic E-state index is 12.5. The smallest absolute Gasteiger partial charge is 0.223 e. The lowest BCUT2D eigenvalue weighted by Gasteiger charge is -2.33. The van der Waals surface area contributed by atoms with Crippen LogP contribution in [0.3, 0.4) is 0 Å². The highest BCUT2D eigenvalue weighted by Crippen LogP contribution is 2.50. The molecule has 2 aromatic carbocycles. The van der Waals surface area contributed by atoms with Crippen molar-refractivity contribution in [3.05, 3.63) is 34.9 Å². The van der Waals surface area contributed by atoms with Crippen LogP contribution in [0.4, 0.5) is 5.69 Å². The Morgan fingerprint density at radius 1 is 0.875 bits per heavy atom. The number of anilines is 1. The fraction of sp³-hybridized carbons (Fsp3) is 0.360. The molecule has 0 radical (unpaired) electrons. The van der Waals surface area contributed by atoms with Crippen molar-refractivity contribution < 1.29 is 23.7 Å². The van der Waals surface area contributed by atoms with Crippen LogP contribution in [0.2, 0.25) is 0 Å². The molecule has 1 aromatic heterocycles. The number of carbonyl (C=O) groups is 1. The Bertz CT molecular complexity index is 1270. The second-order valence-electron chi connectivity index (χ2n) is 8.06. The van der Waals surface area contributed by atoms with E-state index in [1.54, 1.807) is 40.3 Å². The molecular formula is C25H26N2O5. The number of hydrogen-bond donors (Lipinski definition) is 0. The van der Waals surface area contributed by atoms with E-state index in [4.69, 9.17) is 23.9 Å². The van der Waals surface area contributed by atoms with Gasteiger partial charge in [0.25, 0.3) is 0 Å². The zero-order valence-corrected chi connectivity index (χ0v) is 19.0. The van der Waals surface area contributed by atoms with Crippen molar-refractivity contribution in [2.24, 2.45) is 0 Å². The largest absolute Gasteiger partial charge is 0.493 e. The Labute approximate surface area is 186 Å². The molecule has 0 atom stereocenters. The van der Waals surface area contributed by atoms with Crippen LogP contribution < -0.4 is 23.8 Å². The SMILES string of the molecule is COc1cc2c(cc1OC)-c1nc3cc(OC)c(OC)c4c3c(c1CC2)CCN4C(C)=O. The molecule has 2 aliphatic rings. The van der Waals surface area contributed by atoms with E-state index in [-0.39, 0.29) is 5.91 Å². The molecule has 1 aliphatic carbocycles. The van der Waals surface area contributed by atoms with Gasteiger partial charge in [-0.2, -0.15) is 0 Å². The van der Waals surface area contributed by atoms with Gasteiger partial charge in [-0.05, 0) is 48.1 Å². The Kier molecular flexibility index (Phi) is 4.84. The molecule has 0 fully saturated rings. The first-order chi connectivity index (χ1) is 15.5. The van der Waals surface area contributed by atoms with Gasteiger partial charge in [-0.15, -0.1) is 0 Å². The number of ether oxygens (including phenoxy) is 4. The van der Waals surface area contributed by atoms with Gasteiger partial charge < -0.3 is 23.8 Å². The summed E-state index contributed by atoms with van der Waals surface area (Å²) >= 11 is 0. The Morgan fingerprint density at radius 2 is 1.59 bits per heavy atom. The molecule has 0 N–H and O–H groups in total. The Balaban J connectivity index is 1.86. The van der Waals surface area contributed by atoms with Gasteiger partial charge in [0.05, 0.1) is 45.3 Å². The molecule has 0 saturated heterocycles. The van der Waals surface area contributed by atoms with Gasteiger partial charge in [0.1, 0.15) is 0 Å². The van der Waals surface area contributed by atoms with E-state index in [1.807, 2.05) is 18.2 Å². The van der Waals surface area contributed by atoms with Crippen LogP contribution in [-0.4, -0.2) is 45.9 Å². The lowest BCUT2D eigenvalue weighted by Crippen LogP contribution is -2.34. The molecule has 0 bridgehead atoms. The average Bonchev–Trinajstić information content (AvgIpc) is 2.82. The number of carbonyl (C=O) groups excluding carboxylic acids is 1. The molecule has 1 amide bonds. The van der Waals surface area contributed by atoms with Crippen molar-refractivity contribution >= 4 is 22.5 Å². The second-order valence-corrected chi connectivity index (χ2v) is 8.06. The summed E-state index contributed by atoms with van der Waals surface area (Å²) in [5.41, 5.74) is 7.23. The number of pyridine rings is 1. The van der Waals surface area contributed by atoms with Gasteiger partial charge >= 0.3 is 0 Å². The first-order valence-corrected chi connectivity index (χ1v) is 10.7. The molecule has 166 valence electrons. The number of amides is 1. The predicted molar refractivity (Wildman–Crippen MR) is 123 cm³/mol. The number of hydrogen-bond acceptors (Lipinski definition) is 6. The summed E-state index contributed by atoms with van der Waals surface area (Å²) in [6, 6.07) is 5.97. The molecule has 7 nitrogen and oxygen atoms in total. The summed E-state index contributed by atoms with van der Waals surface area (Å²) in [4.78, 5) is 19.4. The summed E-state index contributed by atoms with van der Waals surface area (Å²) in [6.07, 6.45) is 2.54. The van der Waals surface area contributed by atoms with E-state index >= 15 is 0 Å². The van der Waals surface area contributed by atoms with Gasteiger partial charge in [0.15, 0.2) is 23.0 Å². The van der Waals surface area contributed by atoms with E-state index in [0.29, 0.717) is 23.8 Å². The van der Waals surface area contributed by atoms with Crippen LogP contribution in [0.15, 0.2) is 18.2 Å². The van der Waals surface area contributed by atoms with Crippen LogP contribution >= 0.6 is 0 Å². The quantitative estimate of drug-likeness (QED) is 0.620. The molecule has 0 saturated carbocycles. The number of benzene rings is 2. The first-order valence-electron chi connectivity index (χ1n) is 10.7. The highest BCUT2D eigenvalue weighted by Gasteiger charge is 2.33. The second kappa shape index (κ2) is 7.58. The molecule has 0 unspecified atom stereocenters. The molecule has 3 aromatic rings. The number of aryl methyl sites for hydroxylation is 1. The standard InChI is InChI=1S/C25H26N2O5/c1-13(28)27-9-8-15-16-7-6-14-10-19(29-2)20(30-3)11-17(14)23(16)26-18-12-21(31-4)25(32-5)24(27)22(15)18/h10-12H,6-9H2,1-5H3. The zero-order valence-electron chi connectivity index (χ0n) is 19.0. The van der Waals surface area contributed by atoms with Crippen molar-refractivity contribution in [3.63, 3.8) is 0 Å². The third-order valence-electron chi connectivity index (χ3n) is 6.55. The predicted octanol–water partition coefficient (Wildman–Crippen LogP) is 3.94. The minimum atomic E-state index is -0.0246. The Morgan fingerprint density at radius 3 is 2.25 bits per heavy atom. The van der Waals surface area contributed by atoms with Crippen molar-refractivity contribution in [1.82, 2.24) is 4.98 Å². The number of aromatic nitrogens is 1. The van der Waals surface area contributed by atoms with Crippen molar-refractivity contribution in [2.45, 2.75) is 26.2 Å². The fourth-order valence-electron chi connectivity index (χ4n) is 5.11. The van der Waals surface area contributed by atoms with Gasteiger partial charge in [-0.25, -0.2) is 4.98 Å². The van der Waals surface area contributed by atoms with E-state index in [0.717, 1.165) is 52.9 Å². The third kappa shape index (κ3) is 2.80. The van der Waals surface area contributed by atoms with Crippen LogP contribution in [0.25, 0.3) is 22.2 Å². The molecule has 7 heteroatoms. The van der Waals surface area contributed by atoms with E-state index < -0.39 is 0 Å². The lowest BCUT2D eigenvalue weighted by atomic mass is 9.82. The van der Waals surface area contributed by atoms with Gasteiger partial charge in [0, 0.05) is 30.5 Å². The average molecular weight is 434 g/mol. The molecule has 32 heavy (non-hydrogen) atoms. The number of fused-ring (bicyclic) bond motifs is 4. The third-order valence-corrected chi connectivity index (χ3v) is 6.55. The van der Waals surface area contributed by atoms with Crippen LogP contribution in [-0.2, 0) is 24.1 Å². The molecular weight excluding hydrogens is 408 g/mol. The van der Waals surface area contributed by atoms with Crippen molar-refractivity contribution in [3.8, 4) is 34.3 Å². The molecule has 2 heterocycles. The van der Waals surface area contributed by atoms with E-state index in [9.17, 15) is 4.79 Å². The van der Waals surface area contributed by atoms with E-state index in [1.165, 1.54) is 16.7 Å². The first kappa shape index (κ1) is 20.4. The maximum Gasteiger partial charge on any atom is 0.223 e. The van der Waals surface area contributed by atoms with Gasteiger partial charge in [-0.3, -0.25) is 4.79 Å². The normalized spacial score (nSPS) is 14.0. The van der Waals surface area contributed by atoms with Crippen LogP contribution in [0.5, 0.6) is 23.0 Å². The van der Waals surface area contributed by atoms with Gasteiger partial charge in [-0.1, -0.05) is 0 Å². The number of rotatable bonds is 4. The summed E-state index contributed by atoms with van der Waals surface area (Å²) in [6.45, 7) is 2.17. The number of nitrogens with zero attached hydrogens (tertiary/aromatic N) is 2. The highest BCUT2D eigenvalue weighted by molar-refractivity contribution is 6.09. The van der Waals surface area contributed by atoms with E-state index in [2.05, 4.69) is 0 Å². The molecule has 0 spiro atoms. The molecule has 1 aliphatic heterocycles. The fourth-order valence-corrected chi connectivity index (χ4v) is 5.11.